The molecule has 6 atom stereocenters. The summed E-state index contributed by atoms with van der Waals surface area (Å²) in [5, 5.41) is 43.7. The molecule has 1 rings (SSSR count). The molecule has 14 N–H and O–H groups in total. The summed E-state index contributed by atoms with van der Waals surface area (Å²) in [7, 11) is 0. The maximum atomic E-state index is 13.4. The number of aromatic nitrogens is 2. The summed E-state index contributed by atoms with van der Waals surface area (Å²) in [6.07, 6.45) is 2.31. The Kier molecular flexibility index (Phi) is 19.9. The Hall–Kier alpha value is -3.82. The number of aliphatic hydroxyl groups excluding tert-OH is 2. The summed E-state index contributed by atoms with van der Waals surface area (Å²) in [4.78, 5) is 81.5. The quantitative estimate of drug-likeness (QED) is 0.0357. The topological polar surface area (TPSA) is 316 Å². The lowest BCUT2D eigenvalue weighted by Gasteiger charge is -2.24. The summed E-state index contributed by atoms with van der Waals surface area (Å²) in [5.41, 5.74) is 11.5. The van der Waals surface area contributed by atoms with Crippen LogP contribution in [0.1, 0.15) is 38.3 Å². The number of hydrogen-bond acceptors (Lipinski definition) is 13. The van der Waals surface area contributed by atoms with E-state index in [9.17, 15) is 39.0 Å². The Labute approximate surface area is 277 Å². The van der Waals surface area contributed by atoms with Gasteiger partial charge in [-0.3, -0.25) is 28.8 Å². The lowest BCUT2D eigenvalue weighted by molar-refractivity contribution is -0.138. The van der Waals surface area contributed by atoms with E-state index in [1.807, 2.05) is 0 Å². The molecule has 266 valence electrons. The molecule has 0 saturated heterocycles. The van der Waals surface area contributed by atoms with Crippen molar-refractivity contribution in [1.82, 2.24) is 41.9 Å². The van der Waals surface area contributed by atoms with Crippen molar-refractivity contribution in [2.75, 3.05) is 38.5 Å². The number of nitrogens with zero attached hydrogens (tertiary/aromatic N) is 1. The van der Waals surface area contributed by atoms with E-state index in [4.69, 9.17) is 16.6 Å². The van der Waals surface area contributed by atoms with Crippen molar-refractivity contribution >= 4 is 48.1 Å². The number of carbonyl (C=O) groups is 6. The smallest absolute Gasteiger partial charge is 0.322 e. The van der Waals surface area contributed by atoms with E-state index in [0.29, 0.717) is 44.6 Å². The molecule has 0 aliphatic heterocycles. The molecule has 0 saturated carbocycles. The summed E-state index contributed by atoms with van der Waals surface area (Å²) in [6.45, 7) is 1.11. The fourth-order valence-electron chi connectivity index (χ4n) is 4.09. The molecule has 5 amide bonds. The van der Waals surface area contributed by atoms with Gasteiger partial charge in [0.1, 0.15) is 24.7 Å². The van der Waals surface area contributed by atoms with Crippen molar-refractivity contribution in [3.63, 3.8) is 0 Å². The standard InChI is InChI=1S/C27H48N10O9S/c1-15(38)23(37-24(43)18(29)13-47)27(46)32-11-21(40)35-19(4-2-3-7-30-10-17(39)5-6-28)26(45)36-20(8-16-9-31-14-34-16)25(44)33-12-22(41)42/h9,14-15,17-20,23,30,38-39,47H,2-8,10-13,28-29H2,1H3,(H,31,34)(H,32,46)(H,33,44)(H,35,40)(H,36,45)(H,37,43)(H,41,42)/t15-,17-,18+,19-,20+,23+/m1/s1. The highest BCUT2D eigenvalue weighted by Gasteiger charge is 2.30. The Bertz CT molecular complexity index is 1140. The SMILES string of the molecule is C[C@@H](O)[C@H](NC(=O)[C@@H](N)CS)C(=O)NCC(=O)N[C@H](CCCCNC[C@H](O)CCN)C(=O)N[C@@H](Cc1cnc[nH]1)C(=O)NCC(=O)O. The molecule has 0 unspecified atom stereocenters. The number of imidazole rings is 1. The van der Waals surface area contributed by atoms with E-state index >= 15 is 0 Å². The van der Waals surface area contributed by atoms with Gasteiger partial charge in [-0.05, 0) is 45.7 Å². The van der Waals surface area contributed by atoms with E-state index in [1.165, 1.54) is 19.4 Å². The molecule has 1 heterocycles. The molecule has 0 radical (unpaired) electrons. The molecule has 0 aliphatic rings. The van der Waals surface area contributed by atoms with Crippen LogP contribution in [-0.2, 0) is 35.2 Å². The van der Waals surface area contributed by atoms with Gasteiger partial charge in [-0.1, -0.05) is 0 Å². The van der Waals surface area contributed by atoms with Crippen LogP contribution >= 0.6 is 12.6 Å². The van der Waals surface area contributed by atoms with E-state index in [0.717, 1.165) is 0 Å². The van der Waals surface area contributed by atoms with Gasteiger partial charge in [0, 0.05) is 30.6 Å². The van der Waals surface area contributed by atoms with Crippen LogP contribution in [-0.4, -0.2) is 136 Å². The zero-order chi connectivity index (χ0) is 35.4. The Balaban J connectivity index is 2.96. The Morgan fingerprint density at radius 1 is 0.936 bits per heavy atom. The zero-order valence-electron chi connectivity index (χ0n) is 26.2. The minimum atomic E-state index is -1.43. The van der Waals surface area contributed by atoms with Crippen LogP contribution in [0.15, 0.2) is 12.5 Å². The number of aliphatic hydroxyl groups is 2. The first-order chi connectivity index (χ1) is 22.3. The largest absolute Gasteiger partial charge is 0.480 e. The lowest BCUT2D eigenvalue weighted by atomic mass is 10.1. The number of aliphatic carboxylic acids is 1. The van der Waals surface area contributed by atoms with Gasteiger partial charge < -0.3 is 63.7 Å². The molecule has 1 aromatic rings. The number of thiol groups is 1. The summed E-state index contributed by atoms with van der Waals surface area (Å²) in [5.74, 6) is -5.23. The molecule has 20 heteroatoms. The number of amides is 5. The number of aromatic amines is 1. The molecule has 19 nitrogen and oxygen atoms in total. The van der Waals surface area contributed by atoms with Crippen LogP contribution < -0.4 is 43.4 Å². The molecule has 0 spiro atoms. The van der Waals surface area contributed by atoms with Crippen molar-refractivity contribution in [3.05, 3.63) is 18.2 Å². The first-order valence-corrected chi connectivity index (χ1v) is 15.7. The van der Waals surface area contributed by atoms with Crippen LogP contribution in [0.5, 0.6) is 0 Å². The van der Waals surface area contributed by atoms with Gasteiger partial charge in [0.15, 0.2) is 0 Å². The predicted octanol–water partition coefficient (Wildman–Crippen LogP) is -5.17. The maximum Gasteiger partial charge on any atom is 0.322 e. The summed E-state index contributed by atoms with van der Waals surface area (Å²) in [6, 6.07) is -4.88. The van der Waals surface area contributed by atoms with Crippen LogP contribution in [0.3, 0.4) is 0 Å². The first kappa shape index (κ1) is 41.2. The van der Waals surface area contributed by atoms with Gasteiger partial charge in [-0.15, -0.1) is 0 Å². The van der Waals surface area contributed by atoms with Gasteiger partial charge in [0.25, 0.3) is 0 Å². The van der Waals surface area contributed by atoms with Gasteiger partial charge in [-0.25, -0.2) is 4.98 Å². The van der Waals surface area contributed by atoms with Crippen LogP contribution in [0, 0.1) is 0 Å². The zero-order valence-corrected chi connectivity index (χ0v) is 27.1. The predicted molar refractivity (Wildman–Crippen MR) is 172 cm³/mol. The molecule has 1 aromatic heterocycles. The second-order valence-corrected chi connectivity index (χ2v) is 11.1. The highest BCUT2D eigenvalue weighted by Crippen LogP contribution is 2.05. The van der Waals surface area contributed by atoms with Gasteiger partial charge in [0.05, 0.1) is 31.1 Å². The van der Waals surface area contributed by atoms with Crippen molar-refractivity contribution in [1.29, 1.82) is 0 Å². The van der Waals surface area contributed by atoms with Gasteiger partial charge in [0.2, 0.25) is 29.5 Å². The van der Waals surface area contributed by atoms with E-state index in [1.54, 1.807) is 0 Å². The third kappa shape index (κ3) is 17.1. The minimum absolute atomic E-state index is 0.0118. The molecular formula is C27H48N10O9S. The molecule has 0 bridgehead atoms. The number of H-pyrrole nitrogens is 1. The number of nitrogens with one attached hydrogen (secondary N) is 7. The number of rotatable bonds is 24. The molecule has 0 aromatic carbocycles. The van der Waals surface area contributed by atoms with Crippen molar-refractivity contribution in [3.8, 4) is 0 Å². The highest BCUT2D eigenvalue weighted by molar-refractivity contribution is 7.80. The second kappa shape index (κ2) is 22.7. The van der Waals surface area contributed by atoms with Crippen LogP contribution in [0.25, 0.3) is 0 Å². The minimum Gasteiger partial charge on any atom is -0.480 e. The Morgan fingerprint density at radius 2 is 1.64 bits per heavy atom. The third-order valence-electron chi connectivity index (χ3n) is 6.67. The number of carboxylic acids is 1. The van der Waals surface area contributed by atoms with Crippen molar-refractivity contribution in [2.45, 2.75) is 75.4 Å². The van der Waals surface area contributed by atoms with Crippen LogP contribution in [0.4, 0.5) is 0 Å². The first-order valence-electron chi connectivity index (χ1n) is 15.1. The normalized spacial score (nSPS) is 14.9. The summed E-state index contributed by atoms with van der Waals surface area (Å²) < 4.78 is 0. The highest BCUT2D eigenvalue weighted by atomic mass is 32.1. The number of nitrogens with two attached hydrogens (primary N) is 2. The van der Waals surface area contributed by atoms with Crippen molar-refractivity contribution in [2.24, 2.45) is 11.5 Å². The fraction of sp³-hybridized carbons (Fsp3) is 0.667. The number of hydrogen-bond donors (Lipinski definition) is 13. The fourth-order valence-corrected chi connectivity index (χ4v) is 4.25. The molecule has 0 fully saturated rings. The van der Waals surface area contributed by atoms with Gasteiger partial charge in [-0.2, -0.15) is 12.6 Å². The van der Waals surface area contributed by atoms with Crippen LogP contribution in [0.2, 0.25) is 0 Å². The Morgan fingerprint density at radius 3 is 2.23 bits per heavy atom. The third-order valence-corrected chi connectivity index (χ3v) is 7.07. The molecule has 0 aliphatic carbocycles. The lowest BCUT2D eigenvalue weighted by Crippen LogP contribution is -2.58. The molecule has 47 heavy (non-hydrogen) atoms. The number of carboxylic acid groups (broad SMARTS) is 1. The van der Waals surface area contributed by atoms with E-state index in [2.05, 4.69) is 54.5 Å². The van der Waals surface area contributed by atoms with Gasteiger partial charge >= 0.3 is 5.97 Å². The number of carbonyl (C=O) groups excluding carboxylic acids is 5. The maximum absolute atomic E-state index is 13.4. The monoisotopic (exact) mass is 688 g/mol. The van der Waals surface area contributed by atoms with E-state index < -0.39 is 85.0 Å². The number of unbranched alkanes of at least 4 members (excludes halogenated alkanes) is 1. The summed E-state index contributed by atoms with van der Waals surface area (Å²) >= 11 is 3.92. The van der Waals surface area contributed by atoms with E-state index in [-0.39, 0.29) is 18.6 Å². The molecular weight excluding hydrogens is 640 g/mol. The average molecular weight is 689 g/mol. The second-order valence-electron chi connectivity index (χ2n) is 10.7. The van der Waals surface area contributed by atoms with Crippen molar-refractivity contribution < 1.29 is 44.1 Å². The average Bonchev–Trinajstić information content (AvgIpc) is 3.54.